The smallest absolute Gasteiger partial charge is 0.241 e. The number of halogens is 2. The monoisotopic (exact) mass is 400 g/mol. The van der Waals surface area contributed by atoms with Gasteiger partial charge in [-0.05, 0) is 55.5 Å². The number of sulfonamides is 1. The van der Waals surface area contributed by atoms with E-state index in [1.54, 1.807) is 24.3 Å². The van der Waals surface area contributed by atoms with Gasteiger partial charge in [0.2, 0.25) is 15.9 Å². The Morgan fingerprint density at radius 1 is 1.15 bits per heavy atom. The summed E-state index contributed by atoms with van der Waals surface area (Å²) in [5.41, 5.74) is 0. The second kappa shape index (κ2) is 8.98. The molecule has 2 N–H and O–H groups in total. The molecule has 0 fully saturated rings. The molecule has 0 aliphatic heterocycles. The van der Waals surface area contributed by atoms with Crippen LogP contribution in [0.5, 0.6) is 5.75 Å². The second-order valence-electron chi connectivity index (χ2n) is 5.39. The third-order valence-corrected chi connectivity index (χ3v) is 5.14. The van der Waals surface area contributed by atoms with Crippen LogP contribution in [0.4, 0.5) is 4.39 Å². The maximum absolute atomic E-state index is 12.9. The minimum absolute atomic E-state index is 0.121. The summed E-state index contributed by atoms with van der Waals surface area (Å²) < 4.78 is 44.9. The summed E-state index contributed by atoms with van der Waals surface area (Å²) in [6, 6.07) is 10.1. The highest BCUT2D eigenvalue weighted by Gasteiger charge is 2.21. The molecule has 0 saturated heterocycles. The van der Waals surface area contributed by atoms with Crippen molar-refractivity contribution in [3.63, 3.8) is 0 Å². The van der Waals surface area contributed by atoms with E-state index in [0.29, 0.717) is 10.8 Å². The van der Waals surface area contributed by atoms with Crippen molar-refractivity contribution < 1.29 is 22.3 Å². The Morgan fingerprint density at radius 3 is 2.38 bits per heavy atom. The molecule has 0 aromatic heterocycles. The first kappa shape index (κ1) is 20.2. The number of nitrogens with one attached hydrogen (secondary N) is 2. The molecule has 0 saturated carbocycles. The largest absolute Gasteiger partial charge is 0.492 e. The lowest BCUT2D eigenvalue weighted by atomic mass is 10.3. The summed E-state index contributed by atoms with van der Waals surface area (Å²) in [7, 11) is -3.92. The number of benzene rings is 2. The third-order valence-electron chi connectivity index (χ3n) is 3.33. The van der Waals surface area contributed by atoms with Gasteiger partial charge in [-0.1, -0.05) is 11.6 Å². The Morgan fingerprint density at radius 2 is 1.77 bits per heavy atom. The molecule has 2 aromatic carbocycles. The zero-order valence-electron chi connectivity index (χ0n) is 13.9. The van der Waals surface area contributed by atoms with Crippen LogP contribution in [0.2, 0.25) is 5.02 Å². The number of hydrogen-bond donors (Lipinski definition) is 2. The molecule has 0 heterocycles. The van der Waals surface area contributed by atoms with Gasteiger partial charge >= 0.3 is 0 Å². The predicted molar refractivity (Wildman–Crippen MR) is 96.1 cm³/mol. The fourth-order valence-corrected chi connectivity index (χ4v) is 3.32. The van der Waals surface area contributed by atoms with Gasteiger partial charge < -0.3 is 10.1 Å². The Labute approximate surface area is 156 Å². The summed E-state index contributed by atoms with van der Waals surface area (Å²) in [4.78, 5) is 11.9. The Bertz CT molecular complexity index is 842. The Hall–Kier alpha value is -2.16. The zero-order chi connectivity index (χ0) is 19.2. The second-order valence-corrected chi connectivity index (χ2v) is 7.54. The standard InChI is InChI=1S/C17H18ClFN2O4S/c1-12(21-26(23,24)16-8-4-14(19)5-9-16)17(22)20-10-11-25-15-6-2-13(18)3-7-15/h2-9,12,21H,10-11H2,1H3,(H,20,22). The van der Waals surface area contributed by atoms with Crippen LogP contribution in [-0.2, 0) is 14.8 Å². The zero-order valence-corrected chi connectivity index (χ0v) is 15.5. The Balaban J connectivity index is 1.79. The number of amides is 1. The first-order valence-electron chi connectivity index (χ1n) is 7.72. The van der Waals surface area contributed by atoms with E-state index in [2.05, 4.69) is 10.0 Å². The van der Waals surface area contributed by atoms with Crippen LogP contribution in [-0.4, -0.2) is 33.5 Å². The summed E-state index contributed by atoms with van der Waals surface area (Å²) in [5, 5.41) is 3.16. The van der Waals surface area contributed by atoms with Crippen molar-refractivity contribution in [2.24, 2.45) is 0 Å². The summed E-state index contributed by atoms with van der Waals surface area (Å²) in [6.45, 7) is 1.82. The third kappa shape index (κ3) is 5.98. The lowest BCUT2D eigenvalue weighted by molar-refractivity contribution is -0.122. The first-order valence-corrected chi connectivity index (χ1v) is 9.58. The molecule has 0 bridgehead atoms. The van der Waals surface area contributed by atoms with Crippen molar-refractivity contribution in [2.45, 2.75) is 17.9 Å². The predicted octanol–water partition coefficient (Wildman–Crippen LogP) is 2.34. The molecule has 0 spiro atoms. The number of ether oxygens (including phenoxy) is 1. The molecule has 0 radical (unpaired) electrons. The summed E-state index contributed by atoms with van der Waals surface area (Å²) in [6.07, 6.45) is 0. The SMILES string of the molecule is CC(NS(=O)(=O)c1ccc(F)cc1)C(=O)NCCOc1ccc(Cl)cc1. The van der Waals surface area contributed by atoms with E-state index >= 15 is 0 Å². The highest BCUT2D eigenvalue weighted by atomic mass is 35.5. The number of carbonyl (C=O) groups excluding carboxylic acids is 1. The van der Waals surface area contributed by atoms with Crippen LogP contribution in [0, 0.1) is 5.82 Å². The summed E-state index contributed by atoms with van der Waals surface area (Å²) in [5.74, 6) is -0.445. The van der Waals surface area contributed by atoms with Crippen molar-refractivity contribution in [1.82, 2.24) is 10.0 Å². The molecule has 1 amide bonds. The number of carbonyl (C=O) groups is 1. The van der Waals surface area contributed by atoms with E-state index in [1.807, 2.05) is 0 Å². The number of hydrogen-bond acceptors (Lipinski definition) is 4. The molecule has 1 unspecified atom stereocenters. The van der Waals surface area contributed by atoms with Crippen molar-refractivity contribution >= 4 is 27.5 Å². The van der Waals surface area contributed by atoms with Crippen LogP contribution < -0.4 is 14.8 Å². The van der Waals surface area contributed by atoms with Gasteiger partial charge in [-0.2, -0.15) is 4.72 Å². The minimum Gasteiger partial charge on any atom is -0.492 e. The molecule has 2 aromatic rings. The molecule has 140 valence electrons. The molecular formula is C17H18ClFN2O4S. The van der Waals surface area contributed by atoms with Crippen molar-refractivity contribution in [3.8, 4) is 5.75 Å². The fraction of sp³-hybridized carbons (Fsp3) is 0.235. The summed E-state index contributed by atoms with van der Waals surface area (Å²) >= 11 is 5.77. The van der Waals surface area contributed by atoms with Crippen LogP contribution >= 0.6 is 11.6 Å². The lowest BCUT2D eigenvalue weighted by Crippen LogP contribution is -2.45. The van der Waals surface area contributed by atoms with Gasteiger partial charge in [-0.3, -0.25) is 4.79 Å². The molecule has 0 aliphatic carbocycles. The molecule has 26 heavy (non-hydrogen) atoms. The average Bonchev–Trinajstić information content (AvgIpc) is 2.60. The van der Waals surface area contributed by atoms with E-state index < -0.39 is 27.8 Å². The van der Waals surface area contributed by atoms with Gasteiger partial charge in [-0.15, -0.1) is 0 Å². The van der Waals surface area contributed by atoms with Gasteiger partial charge in [0.15, 0.2) is 0 Å². The van der Waals surface area contributed by atoms with E-state index in [4.69, 9.17) is 16.3 Å². The first-order chi connectivity index (χ1) is 12.3. The fourth-order valence-electron chi connectivity index (χ4n) is 2.00. The van der Waals surface area contributed by atoms with E-state index in [1.165, 1.54) is 6.92 Å². The quantitative estimate of drug-likeness (QED) is 0.666. The maximum Gasteiger partial charge on any atom is 0.241 e. The van der Waals surface area contributed by atoms with Gasteiger partial charge in [0.05, 0.1) is 17.5 Å². The maximum atomic E-state index is 12.9. The lowest BCUT2D eigenvalue weighted by Gasteiger charge is -2.15. The van der Waals surface area contributed by atoms with Gasteiger partial charge in [0.25, 0.3) is 0 Å². The highest BCUT2D eigenvalue weighted by molar-refractivity contribution is 7.89. The normalized spacial score (nSPS) is 12.4. The van der Waals surface area contributed by atoms with Crippen molar-refractivity contribution in [1.29, 1.82) is 0 Å². The topological polar surface area (TPSA) is 84.5 Å². The van der Waals surface area contributed by atoms with Crippen LogP contribution in [0.25, 0.3) is 0 Å². The molecule has 2 rings (SSSR count). The van der Waals surface area contributed by atoms with Crippen LogP contribution in [0.3, 0.4) is 0 Å². The van der Waals surface area contributed by atoms with Crippen molar-refractivity contribution in [3.05, 3.63) is 59.4 Å². The van der Waals surface area contributed by atoms with Gasteiger partial charge in [0, 0.05) is 5.02 Å². The molecular weight excluding hydrogens is 383 g/mol. The molecule has 1 atom stereocenters. The molecule has 9 heteroatoms. The van der Waals surface area contributed by atoms with Crippen LogP contribution in [0.1, 0.15) is 6.92 Å². The van der Waals surface area contributed by atoms with E-state index in [0.717, 1.165) is 24.3 Å². The van der Waals surface area contributed by atoms with Gasteiger partial charge in [-0.25, -0.2) is 12.8 Å². The highest BCUT2D eigenvalue weighted by Crippen LogP contribution is 2.15. The molecule has 0 aliphatic rings. The van der Waals surface area contributed by atoms with Gasteiger partial charge in [0.1, 0.15) is 18.2 Å². The van der Waals surface area contributed by atoms with Crippen LogP contribution in [0.15, 0.2) is 53.4 Å². The van der Waals surface area contributed by atoms with E-state index in [9.17, 15) is 17.6 Å². The Kier molecular flexibility index (Phi) is 6.96. The molecule has 6 nitrogen and oxygen atoms in total. The number of rotatable bonds is 8. The van der Waals surface area contributed by atoms with Crippen molar-refractivity contribution in [2.75, 3.05) is 13.2 Å². The van der Waals surface area contributed by atoms with E-state index in [-0.39, 0.29) is 18.0 Å². The minimum atomic E-state index is -3.92. The average molecular weight is 401 g/mol.